The van der Waals surface area contributed by atoms with Gasteiger partial charge in [-0.25, -0.2) is 0 Å². The Morgan fingerprint density at radius 3 is 2.62 bits per heavy atom. The Labute approximate surface area is 248 Å². The third-order valence-corrected chi connectivity index (χ3v) is 9.65. The van der Waals surface area contributed by atoms with Gasteiger partial charge in [0.15, 0.2) is 0 Å². The molecule has 1 spiro atoms. The third kappa shape index (κ3) is 4.65. The topological polar surface area (TPSA) is 96.4 Å². The van der Waals surface area contributed by atoms with Gasteiger partial charge >= 0.3 is 5.97 Å². The highest BCUT2D eigenvalue weighted by atomic mass is 16.6. The van der Waals surface area contributed by atoms with E-state index in [-0.39, 0.29) is 37.5 Å². The van der Waals surface area contributed by atoms with E-state index in [1.54, 1.807) is 17.9 Å². The first-order valence-corrected chi connectivity index (χ1v) is 15.0. The van der Waals surface area contributed by atoms with Crippen molar-refractivity contribution >= 4 is 34.2 Å². The van der Waals surface area contributed by atoms with Crippen LogP contribution >= 0.6 is 0 Å². The number of hydrogen-bond acceptors (Lipinski definition) is 6. The zero-order valence-electron chi connectivity index (χ0n) is 24.8. The third-order valence-electron chi connectivity index (χ3n) is 9.65. The average molecular weight is 575 g/mol. The van der Waals surface area contributed by atoms with Gasteiger partial charge in [-0.05, 0) is 68.4 Å². The predicted molar refractivity (Wildman–Crippen MR) is 162 cm³/mol. The minimum Gasteiger partial charge on any atom is -0.465 e. The molecule has 2 bridgehead atoms. The largest absolute Gasteiger partial charge is 0.465 e. The second-order valence-corrected chi connectivity index (χ2v) is 12.2. The maximum atomic E-state index is 14.7. The number of benzene rings is 2. The zero-order chi connectivity index (χ0) is 30.2. The standard InChI is InChI=1S/C34H42N2O6/c1-6-8-9-12-18-41-32(40)28-27-30(38)36(23(4)21-37)29(34(27)20-22(3)33(28,5)42-34)31(39)35(17-7-2)26-16-15-24-13-10-11-14-25(24)19-26/h6-7,10-11,13-16,19,22-23,27-29,37H,1-2,8-9,12,17-18,20-21H2,3-5H3/t22?,23-,27+,28-,29?,33+,34?/m1/s1. The zero-order valence-corrected chi connectivity index (χ0v) is 24.8. The highest BCUT2D eigenvalue weighted by molar-refractivity contribution is 6.05. The Morgan fingerprint density at radius 1 is 1.19 bits per heavy atom. The van der Waals surface area contributed by atoms with Gasteiger partial charge in [0.05, 0.1) is 30.8 Å². The van der Waals surface area contributed by atoms with Crippen LogP contribution in [0, 0.1) is 17.8 Å². The monoisotopic (exact) mass is 574 g/mol. The van der Waals surface area contributed by atoms with E-state index in [2.05, 4.69) is 13.2 Å². The van der Waals surface area contributed by atoms with Crippen LogP contribution in [0.4, 0.5) is 5.69 Å². The van der Waals surface area contributed by atoms with E-state index in [9.17, 15) is 19.5 Å². The molecule has 3 aliphatic rings. The summed E-state index contributed by atoms with van der Waals surface area (Å²) in [6.07, 6.45) is 6.30. The Hall–Kier alpha value is -3.49. The molecule has 42 heavy (non-hydrogen) atoms. The van der Waals surface area contributed by atoms with E-state index in [1.165, 1.54) is 4.90 Å². The molecule has 3 heterocycles. The van der Waals surface area contributed by atoms with E-state index in [1.807, 2.05) is 62.4 Å². The van der Waals surface area contributed by atoms with Crippen molar-refractivity contribution in [3.63, 3.8) is 0 Å². The summed E-state index contributed by atoms with van der Waals surface area (Å²) in [5, 5.41) is 12.2. The molecular formula is C34H42N2O6. The van der Waals surface area contributed by atoms with Crippen LogP contribution in [0.25, 0.3) is 10.8 Å². The fraction of sp³-hybridized carbons (Fsp3) is 0.500. The summed E-state index contributed by atoms with van der Waals surface area (Å²) in [5.74, 6) is -2.98. The Bertz CT molecular complexity index is 1390. The number of aliphatic hydroxyl groups is 1. The van der Waals surface area contributed by atoms with Crippen LogP contribution in [0.15, 0.2) is 67.8 Å². The first-order valence-electron chi connectivity index (χ1n) is 15.0. The van der Waals surface area contributed by atoms with Gasteiger partial charge in [-0.1, -0.05) is 49.4 Å². The van der Waals surface area contributed by atoms with Gasteiger partial charge in [0.2, 0.25) is 5.91 Å². The molecule has 0 radical (unpaired) electrons. The second-order valence-electron chi connectivity index (χ2n) is 12.2. The number of allylic oxidation sites excluding steroid dienone is 1. The molecule has 8 heteroatoms. The number of fused-ring (bicyclic) bond motifs is 2. The molecule has 224 valence electrons. The first kappa shape index (κ1) is 30.0. The summed E-state index contributed by atoms with van der Waals surface area (Å²) in [7, 11) is 0. The molecule has 0 saturated carbocycles. The molecule has 2 aromatic rings. The van der Waals surface area contributed by atoms with Crippen molar-refractivity contribution in [3.8, 4) is 0 Å². The van der Waals surface area contributed by atoms with Crippen molar-refractivity contribution in [2.45, 2.75) is 69.7 Å². The van der Waals surface area contributed by atoms with E-state index < -0.39 is 41.1 Å². The number of esters is 1. The smallest absolute Gasteiger partial charge is 0.312 e. The number of unbranched alkanes of at least 4 members (excludes halogenated alkanes) is 2. The quantitative estimate of drug-likeness (QED) is 0.225. The van der Waals surface area contributed by atoms with Gasteiger partial charge < -0.3 is 24.4 Å². The van der Waals surface area contributed by atoms with E-state index in [0.717, 1.165) is 23.6 Å². The van der Waals surface area contributed by atoms with Gasteiger partial charge in [0.25, 0.3) is 5.91 Å². The van der Waals surface area contributed by atoms with Gasteiger partial charge in [0.1, 0.15) is 17.6 Å². The molecule has 3 aliphatic heterocycles. The molecule has 1 N–H and O–H groups in total. The van der Waals surface area contributed by atoms with Gasteiger partial charge in [-0.3, -0.25) is 14.4 Å². The lowest BCUT2D eigenvalue weighted by Crippen LogP contribution is -2.58. The number of nitrogens with zero attached hydrogens (tertiary/aromatic N) is 2. The maximum Gasteiger partial charge on any atom is 0.312 e. The molecule has 5 rings (SSSR count). The molecule has 2 aromatic carbocycles. The summed E-state index contributed by atoms with van der Waals surface area (Å²) in [5.41, 5.74) is -1.52. The summed E-state index contributed by atoms with van der Waals surface area (Å²) in [6, 6.07) is 12.0. The van der Waals surface area contributed by atoms with Crippen LogP contribution in [0.5, 0.6) is 0 Å². The Balaban J connectivity index is 1.54. The van der Waals surface area contributed by atoms with E-state index >= 15 is 0 Å². The lowest BCUT2D eigenvalue weighted by molar-refractivity contribution is -0.162. The minimum absolute atomic E-state index is 0.104. The number of carbonyl (C=O) groups is 3. The Kier molecular flexibility index (Phi) is 8.32. The molecule has 0 aromatic heterocycles. The van der Waals surface area contributed by atoms with Crippen molar-refractivity contribution in [1.29, 1.82) is 0 Å². The number of carbonyl (C=O) groups excluding carboxylic acids is 3. The van der Waals surface area contributed by atoms with Crippen LogP contribution in [0.1, 0.15) is 46.5 Å². The molecule has 0 aliphatic carbocycles. The van der Waals surface area contributed by atoms with Crippen LogP contribution in [-0.2, 0) is 23.9 Å². The van der Waals surface area contributed by atoms with Crippen LogP contribution < -0.4 is 4.90 Å². The van der Waals surface area contributed by atoms with Gasteiger partial charge in [-0.2, -0.15) is 0 Å². The normalized spacial score (nSPS) is 30.3. The van der Waals surface area contributed by atoms with E-state index in [0.29, 0.717) is 18.5 Å². The highest BCUT2D eigenvalue weighted by Crippen LogP contribution is 2.65. The molecular weight excluding hydrogens is 532 g/mol. The van der Waals surface area contributed by atoms with Gasteiger partial charge in [0, 0.05) is 12.2 Å². The minimum atomic E-state index is -1.23. The number of hydrogen-bond donors (Lipinski definition) is 1. The number of aliphatic hydroxyl groups excluding tert-OH is 1. The molecule has 7 atom stereocenters. The summed E-state index contributed by atoms with van der Waals surface area (Å²) < 4.78 is 12.5. The predicted octanol–water partition coefficient (Wildman–Crippen LogP) is 4.65. The average Bonchev–Trinajstić information content (AvgIpc) is 3.51. The SMILES string of the molecule is C=CCCCCOC(=O)[C@H]1[C@H]2C(=O)N([C@H](C)CO)C(C(=O)N(CC=C)c3ccc4ccccc4c3)C23CC(C)[C@]1(C)O3. The fourth-order valence-corrected chi connectivity index (χ4v) is 7.47. The molecule has 8 nitrogen and oxygen atoms in total. The second kappa shape index (κ2) is 11.7. The summed E-state index contributed by atoms with van der Waals surface area (Å²) >= 11 is 0. The van der Waals surface area contributed by atoms with Crippen molar-refractivity contribution in [2.24, 2.45) is 17.8 Å². The molecule has 2 amide bonds. The lowest BCUT2D eigenvalue weighted by atomic mass is 9.62. The Morgan fingerprint density at radius 2 is 1.93 bits per heavy atom. The fourth-order valence-electron chi connectivity index (χ4n) is 7.47. The summed E-state index contributed by atoms with van der Waals surface area (Å²) in [6.45, 7) is 13.3. The van der Waals surface area contributed by atoms with Crippen molar-refractivity contribution in [3.05, 3.63) is 67.8 Å². The number of ether oxygens (including phenoxy) is 2. The number of anilines is 1. The van der Waals surface area contributed by atoms with E-state index in [4.69, 9.17) is 9.47 Å². The number of likely N-dealkylation sites (tertiary alicyclic amines) is 1. The van der Waals surface area contributed by atoms with Gasteiger partial charge in [-0.15, -0.1) is 13.2 Å². The number of amides is 2. The molecule has 3 fully saturated rings. The molecule has 3 unspecified atom stereocenters. The maximum absolute atomic E-state index is 14.7. The van der Waals surface area contributed by atoms with Crippen LogP contribution in [-0.4, -0.2) is 70.8 Å². The number of rotatable bonds is 12. The summed E-state index contributed by atoms with van der Waals surface area (Å²) in [4.78, 5) is 45.8. The van der Waals surface area contributed by atoms with Crippen molar-refractivity contribution in [2.75, 3.05) is 24.7 Å². The van der Waals surface area contributed by atoms with Crippen molar-refractivity contribution < 1.29 is 29.0 Å². The highest BCUT2D eigenvalue weighted by Gasteiger charge is 2.80. The van der Waals surface area contributed by atoms with Crippen LogP contribution in [0.2, 0.25) is 0 Å². The molecule has 3 saturated heterocycles. The van der Waals surface area contributed by atoms with Crippen LogP contribution in [0.3, 0.4) is 0 Å². The lowest BCUT2D eigenvalue weighted by Gasteiger charge is -2.38. The van der Waals surface area contributed by atoms with Crippen molar-refractivity contribution in [1.82, 2.24) is 4.90 Å². The first-order chi connectivity index (χ1) is 20.1.